The van der Waals surface area contributed by atoms with Crippen molar-refractivity contribution < 1.29 is 49.5 Å². The molecule has 0 saturated carbocycles. The number of nitrogens with zero attached hydrogens (tertiary/aromatic N) is 1. The molecule has 0 fully saturated rings. The summed E-state index contributed by atoms with van der Waals surface area (Å²) in [4.78, 5) is 0. The Labute approximate surface area is 215 Å². The number of hydrogen-bond donors (Lipinski definition) is 0. The normalized spacial score (nSPS) is 15.1. The van der Waals surface area contributed by atoms with E-state index >= 15 is 0 Å². The third-order valence-corrected chi connectivity index (χ3v) is 8.40. The van der Waals surface area contributed by atoms with Gasteiger partial charge in [0.1, 0.15) is 0 Å². The second-order valence-electron chi connectivity index (χ2n) is 7.93. The van der Waals surface area contributed by atoms with E-state index in [0.717, 1.165) is 0 Å². The maximum absolute atomic E-state index is 2.41. The summed E-state index contributed by atoms with van der Waals surface area (Å²) in [6.07, 6.45) is 6.84. The summed E-state index contributed by atoms with van der Waals surface area (Å²) in [5.74, 6) is 0. The number of hydrogen-bond acceptors (Lipinski definition) is 0. The molecule has 0 N–H and O–H groups in total. The van der Waals surface area contributed by atoms with Gasteiger partial charge in [-0.1, -0.05) is 31.3 Å². The Hall–Kier alpha value is -1.25. The standard InChI is InChI=1S/C17H19NSi.C9H7.2ClH.Zr/c1-12-10-14-11-13(2)18(15-8-6-5-7-9-15)16(14)17(12)19(3)4;1-2-5-9-7-3-6-8(9)4-1;;;/h5-11H,1-4H3;1-7H;2*1H;/q;;;;+2/p-2. The Morgan fingerprint density at radius 2 is 1.52 bits per heavy atom. The van der Waals surface area contributed by atoms with Crippen LogP contribution >= 0.6 is 0 Å². The molecule has 0 bridgehead atoms. The summed E-state index contributed by atoms with van der Waals surface area (Å²) in [5.41, 5.74) is 9.77. The first-order valence-corrected chi connectivity index (χ1v) is 14.0. The molecule has 1 unspecified atom stereocenters. The number of rotatable bonds is 1. The van der Waals surface area contributed by atoms with Crippen LogP contribution < -0.4 is 24.8 Å². The zero-order chi connectivity index (χ0) is 20.5. The van der Waals surface area contributed by atoms with Crippen LogP contribution in [0.1, 0.15) is 38.6 Å². The van der Waals surface area contributed by atoms with Crippen molar-refractivity contribution in [2.75, 3.05) is 0 Å². The van der Waals surface area contributed by atoms with Gasteiger partial charge in [0.05, 0.1) is 5.69 Å². The van der Waals surface area contributed by atoms with Crippen molar-refractivity contribution in [2.24, 2.45) is 0 Å². The molecule has 157 valence electrons. The number of aromatic nitrogens is 1. The molecule has 1 nitrogen and oxygen atoms in total. The molecular formula is C26H26Cl2NSiZr. The predicted octanol–water partition coefficient (Wildman–Crippen LogP) is 0.369. The predicted molar refractivity (Wildman–Crippen MR) is 124 cm³/mol. The van der Waals surface area contributed by atoms with Gasteiger partial charge in [-0.2, -0.15) is 0 Å². The Bertz CT molecular complexity index is 1160. The van der Waals surface area contributed by atoms with Crippen LogP contribution in [0, 0.1) is 6.92 Å². The van der Waals surface area contributed by atoms with Crippen molar-refractivity contribution in [1.29, 1.82) is 0 Å². The van der Waals surface area contributed by atoms with Crippen LogP contribution in [0.4, 0.5) is 0 Å². The zero-order valence-corrected chi connectivity index (χ0v) is 23.3. The van der Waals surface area contributed by atoms with Gasteiger partial charge >= 0.3 is 75.9 Å². The topological polar surface area (TPSA) is 4.93 Å². The molecule has 5 rings (SSSR count). The van der Waals surface area contributed by atoms with Crippen molar-refractivity contribution >= 4 is 25.7 Å². The number of aryl methyl sites for hydroxylation is 1. The summed E-state index contributed by atoms with van der Waals surface area (Å²) in [5, 5.41) is 1.58. The summed E-state index contributed by atoms with van der Waals surface area (Å²) >= 11 is 1.59. The second-order valence-corrected chi connectivity index (χ2v) is 12.0. The van der Waals surface area contributed by atoms with Crippen LogP contribution in [0.3, 0.4) is 0 Å². The van der Waals surface area contributed by atoms with Crippen LogP contribution in [0.15, 0.2) is 72.3 Å². The van der Waals surface area contributed by atoms with E-state index in [1.165, 1.54) is 39.3 Å². The van der Waals surface area contributed by atoms with Gasteiger partial charge in [-0.05, 0) is 48.9 Å². The Morgan fingerprint density at radius 3 is 2.16 bits per heavy atom. The minimum absolute atomic E-state index is 0. The quantitative estimate of drug-likeness (QED) is 0.392. The van der Waals surface area contributed by atoms with E-state index in [1.807, 2.05) is 0 Å². The van der Waals surface area contributed by atoms with Crippen molar-refractivity contribution in [3.63, 3.8) is 0 Å². The molecule has 3 aromatic rings. The minimum atomic E-state index is -0.461. The van der Waals surface area contributed by atoms with E-state index in [1.54, 1.807) is 29.9 Å². The van der Waals surface area contributed by atoms with Gasteiger partial charge in [0.2, 0.25) is 0 Å². The number of allylic oxidation sites excluding steroid dienone is 2. The first-order valence-electron chi connectivity index (χ1n) is 10.1. The van der Waals surface area contributed by atoms with E-state index in [4.69, 9.17) is 0 Å². The number of fused-ring (bicyclic) bond motifs is 2. The van der Waals surface area contributed by atoms with Gasteiger partial charge in [0.15, 0.2) is 0 Å². The van der Waals surface area contributed by atoms with Crippen molar-refractivity contribution in [2.45, 2.75) is 30.6 Å². The molecule has 0 aliphatic heterocycles. The van der Waals surface area contributed by atoms with Crippen LogP contribution in [0.25, 0.3) is 17.8 Å². The molecule has 2 aliphatic rings. The van der Waals surface area contributed by atoms with E-state index in [-0.39, 0.29) is 24.8 Å². The number of benzene rings is 2. The first-order chi connectivity index (χ1) is 14.0. The van der Waals surface area contributed by atoms with Gasteiger partial charge < -0.3 is 29.4 Å². The molecule has 0 amide bonds. The van der Waals surface area contributed by atoms with Gasteiger partial charge in [0.25, 0.3) is 0 Å². The molecular weight excluding hydrogens is 517 g/mol. The summed E-state index contributed by atoms with van der Waals surface area (Å²) in [6, 6.07) is 21.6. The fraction of sp³-hybridized carbons (Fsp3) is 0.192. The van der Waals surface area contributed by atoms with Crippen LogP contribution in [-0.4, -0.2) is 18.1 Å². The number of para-hydroxylation sites is 1. The maximum atomic E-state index is 2.41. The molecule has 2 aliphatic carbocycles. The molecule has 1 aromatic heterocycles. The third-order valence-electron chi connectivity index (χ3n) is 5.53. The van der Waals surface area contributed by atoms with Crippen LogP contribution in [0.2, 0.25) is 13.1 Å². The van der Waals surface area contributed by atoms with Crippen molar-refractivity contribution in [3.8, 4) is 5.69 Å². The average Bonchev–Trinajstić information content (AvgIpc) is 3.33. The number of halogens is 2. The van der Waals surface area contributed by atoms with Gasteiger partial charge in [-0.3, -0.25) is 0 Å². The summed E-state index contributed by atoms with van der Waals surface area (Å²) < 4.78 is 3.12. The monoisotopic (exact) mass is 540 g/mol. The van der Waals surface area contributed by atoms with Crippen molar-refractivity contribution in [1.82, 2.24) is 4.57 Å². The van der Waals surface area contributed by atoms with Crippen LogP contribution in [0.5, 0.6) is 0 Å². The van der Waals surface area contributed by atoms with Gasteiger partial charge in [0, 0.05) is 25.4 Å². The molecule has 31 heavy (non-hydrogen) atoms. The fourth-order valence-electron chi connectivity index (χ4n) is 4.31. The van der Waals surface area contributed by atoms with Crippen LogP contribution in [-0.2, 0) is 24.7 Å². The third kappa shape index (κ3) is 5.22. The molecule has 1 heterocycles. The zero-order valence-electron chi connectivity index (χ0n) is 18.3. The Kier molecular flexibility index (Phi) is 9.27. The summed E-state index contributed by atoms with van der Waals surface area (Å²) in [7, 11) is -0.461. The first kappa shape index (κ1) is 26.0. The van der Waals surface area contributed by atoms with E-state index in [0.29, 0.717) is 3.63 Å². The molecule has 1 atom stereocenters. The summed E-state index contributed by atoms with van der Waals surface area (Å²) in [6.45, 7) is 9.20. The van der Waals surface area contributed by atoms with Crippen molar-refractivity contribution in [3.05, 3.63) is 100 Å². The second kappa shape index (κ2) is 11.1. The van der Waals surface area contributed by atoms with Gasteiger partial charge in [-0.15, -0.1) is 0 Å². The Morgan fingerprint density at radius 1 is 0.871 bits per heavy atom. The fourth-order valence-corrected chi connectivity index (χ4v) is 6.79. The molecule has 0 saturated heterocycles. The van der Waals surface area contributed by atoms with E-state index < -0.39 is 8.41 Å². The van der Waals surface area contributed by atoms with Gasteiger partial charge in [-0.25, -0.2) is 0 Å². The molecule has 0 radical (unpaired) electrons. The molecule has 0 spiro atoms. The Balaban J connectivity index is 0.000000243. The SMILES string of the molecule is CC1=Cc2cc(C)n(-c3ccccc3)c2C1=[Si](C)C.[Cl-].[Cl-].[Zr+2][CH]1C=Cc2ccccc21. The van der Waals surface area contributed by atoms with E-state index in [9.17, 15) is 0 Å². The molecule has 5 heteroatoms. The average molecular weight is 543 g/mol. The van der Waals surface area contributed by atoms with E-state index in [2.05, 4.69) is 110 Å². The molecule has 2 aromatic carbocycles.